The zero-order valence-electron chi connectivity index (χ0n) is 9.74. The van der Waals surface area contributed by atoms with E-state index in [0.717, 1.165) is 36.4 Å². The summed E-state index contributed by atoms with van der Waals surface area (Å²) in [6, 6.07) is 6.28. The molecule has 1 aromatic rings. The van der Waals surface area contributed by atoms with Gasteiger partial charge in [-0.3, -0.25) is 0 Å². The first-order valence-electron chi connectivity index (χ1n) is 5.48. The minimum atomic E-state index is 0.899. The maximum absolute atomic E-state index is 5.31. The quantitative estimate of drug-likeness (QED) is 0.828. The van der Waals surface area contributed by atoms with E-state index >= 15 is 0 Å². The lowest BCUT2D eigenvalue weighted by atomic mass is 10.2. The van der Waals surface area contributed by atoms with Gasteiger partial charge in [0.15, 0.2) is 0 Å². The molecule has 1 aromatic carbocycles. The third-order valence-corrected chi connectivity index (χ3v) is 3.66. The second kappa shape index (κ2) is 5.06. The van der Waals surface area contributed by atoms with Crippen molar-refractivity contribution in [1.29, 1.82) is 0 Å². The van der Waals surface area contributed by atoms with E-state index in [2.05, 4.69) is 44.9 Å². The van der Waals surface area contributed by atoms with Crippen LogP contribution in [0, 0.1) is 0 Å². The van der Waals surface area contributed by atoms with Crippen molar-refractivity contribution in [2.24, 2.45) is 0 Å². The molecule has 0 aromatic heterocycles. The molecule has 4 heteroatoms. The molecule has 0 atom stereocenters. The number of ether oxygens (including phenoxy) is 1. The summed E-state index contributed by atoms with van der Waals surface area (Å²) >= 11 is 3.47. The fraction of sp³-hybridized carbons (Fsp3) is 0.500. The third kappa shape index (κ3) is 2.50. The van der Waals surface area contributed by atoms with Crippen molar-refractivity contribution in [1.82, 2.24) is 4.90 Å². The fourth-order valence-corrected chi connectivity index (χ4v) is 2.32. The number of rotatable bonds is 2. The summed E-state index contributed by atoms with van der Waals surface area (Å²) in [5, 5.41) is 0. The lowest BCUT2D eigenvalue weighted by molar-refractivity contribution is 0.312. The highest BCUT2D eigenvalue weighted by molar-refractivity contribution is 9.10. The number of halogens is 1. The van der Waals surface area contributed by atoms with Crippen molar-refractivity contribution in [2.45, 2.75) is 0 Å². The van der Waals surface area contributed by atoms with Gasteiger partial charge in [0, 0.05) is 37.9 Å². The van der Waals surface area contributed by atoms with Crippen molar-refractivity contribution in [3.8, 4) is 5.75 Å². The summed E-state index contributed by atoms with van der Waals surface area (Å²) < 4.78 is 6.32. The summed E-state index contributed by atoms with van der Waals surface area (Å²) in [6.45, 7) is 4.42. The number of hydrogen-bond donors (Lipinski definition) is 0. The molecule has 0 aliphatic carbocycles. The van der Waals surface area contributed by atoms with Crippen LogP contribution in [0.2, 0.25) is 0 Å². The molecule has 3 nitrogen and oxygen atoms in total. The minimum Gasteiger partial charge on any atom is -0.495 e. The summed E-state index contributed by atoms with van der Waals surface area (Å²) in [7, 11) is 3.87. The van der Waals surface area contributed by atoms with E-state index in [9.17, 15) is 0 Å². The average Bonchev–Trinajstić information content (AvgIpc) is 2.31. The van der Waals surface area contributed by atoms with Crippen LogP contribution in [0.5, 0.6) is 5.75 Å². The summed E-state index contributed by atoms with van der Waals surface area (Å²) in [4.78, 5) is 4.75. The van der Waals surface area contributed by atoms with Crippen LogP contribution in [-0.4, -0.2) is 45.2 Å². The second-order valence-electron chi connectivity index (χ2n) is 4.11. The Labute approximate surface area is 105 Å². The van der Waals surface area contributed by atoms with E-state index in [-0.39, 0.29) is 0 Å². The van der Waals surface area contributed by atoms with Gasteiger partial charge >= 0.3 is 0 Å². The lowest BCUT2D eigenvalue weighted by Crippen LogP contribution is -2.44. The first-order chi connectivity index (χ1) is 7.70. The fourth-order valence-electron chi connectivity index (χ4n) is 1.91. The van der Waals surface area contributed by atoms with Crippen molar-refractivity contribution in [2.75, 3.05) is 45.2 Å². The molecule has 1 heterocycles. The average molecular weight is 285 g/mol. The summed E-state index contributed by atoms with van der Waals surface area (Å²) in [6.07, 6.45) is 0. The van der Waals surface area contributed by atoms with E-state index in [4.69, 9.17) is 4.74 Å². The topological polar surface area (TPSA) is 15.7 Å². The Balaban J connectivity index is 2.14. The Morgan fingerprint density at radius 3 is 2.50 bits per heavy atom. The van der Waals surface area contributed by atoms with Crippen molar-refractivity contribution in [3.05, 3.63) is 22.7 Å². The van der Waals surface area contributed by atoms with Gasteiger partial charge in [0.05, 0.1) is 11.6 Å². The van der Waals surface area contributed by atoms with Crippen LogP contribution in [0.3, 0.4) is 0 Å². The predicted octanol–water partition coefficient (Wildman–Crippen LogP) is 2.21. The molecule has 0 radical (unpaired) electrons. The molecule has 88 valence electrons. The van der Waals surface area contributed by atoms with Crippen LogP contribution in [0.15, 0.2) is 22.7 Å². The highest BCUT2D eigenvalue weighted by atomic mass is 79.9. The maximum Gasteiger partial charge on any atom is 0.135 e. The van der Waals surface area contributed by atoms with Crippen LogP contribution in [0.1, 0.15) is 0 Å². The monoisotopic (exact) mass is 284 g/mol. The number of likely N-dealkylation sites (N-methyl/N-ethyl adjacent to an activating group) is 1. The van der Waals surface area contributed by atoms with Gasteiger partial charge in [-0.1, -0.05) is 0 Å². The molecule has 0 N–H and O–H groups in total. The third-order valence-electron chi connectivity index (χ3n) is 3.00. The van der Waals surface area contributed by atoms with Crippen LogP contribution < -0.4 is 9.64 Å². The molecule has 1 aliphatic rings. The smallest absolute Gasteiger partial charge is 0.135 e. The van der Waals surface area contributed by atoms with Gasteiger partial charge in [-0.05, 0) is 35.1 Å². The van der Waals surface area contributed by atoms with Gasteiger partial charge in [0.1, 0.15) is 5.75 Å². The molecule has 0 unspecified atom stereocenters. The van der Waals surface area contributed by atoms with Gasteiger partial charge in [-0.2, -0.15) is 0 Å². The number of benzene rings is 1. The van der Waals surface area contributed by atoms with Gasteiger partial charge in [0.25, 0.3) is 0 Å². The highest BCUT2D eigenvalue weighted by Crippen LogP contribution is 2.29. The van der Waals surface area contributed by atoms with Crippen molar-refractivity contribution in [3.63, 3.8) is 0 Å². The van der Waals surface area contributed by atoms with Gasteiger partial charge < -0.3 is 14.5 Å². The predicted molar refractivity (Wildman–Crippen MR) is 70.4 cm³/mol. The van der Waals surface area contributed by atoms with Crippen LogP contribution in [0.4, 0.5) is 5.69 Å². The van der Waals surface area contributed by atoms with Crippen LogP contribution >= 0.6 is 15.9 Å². The van der Waals surface area contributed by atoms with Gasteiger partial charge in [0.2, 0.25) is 0 Å². The van der Waals surface area contributed by atoms with E-state index in [1.54, 1.807) is 7.11 Å². The lowest BCUT2D eigenvalue weighted by Gasteiger charge is -2.34. The van der Waals surface area contributed by atoms with E-state index in [0.29, 0.717) is 0 Å². The molecule has 16 heavy (non-hydrogen) atoms. The zero-order chi connectivity index (χ0) is 11.5. The number of hydrogen-bond acceptors (Lipinski definition) is 3. The van der Waals surface area contributed by atoms with Gasteiger partial charge in [-0.25, -0.2) is 0 Å². The number of nitrogens with zero attached hydrogens (tertiary/aromatic N) is 2. The van der Waals surface area contributed by atoms with Crippen molar-refractivity contribution < 1.29 is 4.74 Å². The molecule has 1 fully saturated rings. The summed E-state index contributed by atoms with van der Waals surface area (Å²) in [5.74, 6) is 0.899. The molecule has 0 saturated carbocycles. The Hall–Kier alpha value is -0.740. The molecular weight excluding hydrogens is 268 g/mol. The maximum atomic E-state index is 5.31. The molecular formula is C12H17BrN2O. The van der Waals surface area contributed by atoms with Crippen LogP contribution in [0.25, 0.3) is 0 Å². The number of methoxy groups -OCH3 is 1. The Morgan fingerprint density at radius 2 is 1.88 bits per heavy atom. The van der Waals surface area contributed by atoms with Crippen LogP contribution in [-0.2, 0) is 0 Å². The Kier molecular flexibility index (Phi) is 3.71. The zero-order valence-corrected chi connectivity index (χ0v) is 11.3. The van der Waals surface area contributed by atoms with Gasteiger partial charge in [-0.15, -0.1) is 0 Å². The van der Waals surface area contributed by atoms with E-state index < -0.39 is 0 Å². The molecule has 0 amide bonds. The summed E-state index contributed by atoms with van der Waals surface area (Å²) in [5.41, 5.74) is 1.24. The molecule has 1 aliphatic heterocycles. The van der Waals surface area contributed by atoms with Crippen molar-refractivity contribution >= 4 is 21.6 Å². The molecule has 2 rings (SSSR count). The standard InChI is InChI=1S/C12H17BrN2O/c1-14-5-7-15(8-6-14)10-3-4-11(13)12(9-10)16-2/h3-4,9H,5-8H2,1-2H3. The van der Waals surface area contributed by atoms with E-state index in [1.165, 1.54) is 5.69 Å². The molecule has 0 spiro atoms. The van der Waals surface area contributed by atoms with E-state index in [1.807, 2.05) is 6.07 Å². The molecule has 1 saturated heterocycles. The first kappa shape index (κ1) is 11.7. The Bertz CT molecular complexity index is 362. The second-order valence-corrected chi connectivity index (χ2v) is 4.96. The number of anilines is 1. The largest absolute Gasteiger partial charge is 0.495 e. The number of piperazine rings is 1. The normalized spacial score (nSPS) is 17.6. The SMILES string of the molecule is COc1cc(N2CCN(C)CC2)ccc1Br. The minimum absolute atomic E-state index is 0.899. The highest BCUT2D eigenvalue weighted by Gasteiger charge is 2.15. The first-order valence-corrected chi connectivity index (χ1v) is 6.27. The molecule has 0 bridgehead atoms. The Morgan fingerprint density at radius 1 is 1.19 bits per heavy atom.